The first-order valence-corrected chi connectivity index (χ1v) is 11.9. The van der Waals surface area contributed by atoms with E-state index in [1.165, 1.54) is 26.3 Å². The predicted octanol–water partition coefficient (Wildman–Crippen LogP) is 4.89. The van der Waals surface area contributed by atoms with Crippen molar-refractivity contribution in [2.45, 2.75) is 53.2 Å². The molecular weight excluding hydrogens is 490 g/mol. The molecule has 1 aromatic heterocycles. The lowest BCUT2D eigenvalue weighted by atomic mass is 10.0. The number of pyridine rings is 1. The minimum absolute atomic E-state index is 0.0231. The first-order chi connectivity index (χ1) is 17.0. The SMILES string of the molecule is COc1ccnc(C(=O)C[C@@H](C)C(=O)O[C@@H](C)[C@H](Oc2cccc(Cl)c2)C(C)C)c1OCOC(C)=O. The third-order valence-corrected chi connectivity index (χ3v) is 5.44. The van der Waals surface area contributed by atoms with E-state index < -0.39 is 42.6 Å². The molecule has 0 N–H and O–H groups in total. The van der Waals surface area contributed by atoms with Gasteiger partial charge in [0.25, 0.3) is 0 Å². The summed E-state index contributed by atoms with van der Waals surface area (Å²) in [5.74, 6) is -1.47. The Hall–Kier alpha value is -3.33. The van der Waals surface area contributed by atoms with Crippen LogP contribution in [0.2, 0.25) is 5.02 Å². The van der Waals surface area contributed by atoms with Gasteiger partial charge in [0.15, 0.2) is 23.0 Å². The van der Waals surface area contributed by atoms with Gasteiger partial charge in [-0.05, 0) is 31.0 Å². The Balaban J connectivity index is 2.07. The highest BCUT2D eigenvalue weighted by molar-refractivity contribution is 6.30. The number of hydrogen-bond donors (Lipinski definition) is 0. The molecule has 2 aromatic rings. The second kappa shape index (κ2) is 13.7. The second-order valence-corrected chi connectivity index (χ2v) is 8.98. The minimum Gasteiger partial charge on any atom is -0.493 e. The number of Topliss-reactive ketones (excluding diaryl/α,β-unsaturated/α-hetero) is 1. The van der Waals surface area contributed by atoms with Gasteiger partial charge in [0.1, 0.15) is 18.0 Å². The lowest BCUT2D eigenvalue weighted by Gasteiger charge is -2.29. The lowest BCUT2D eigenvalue weighted by molar-refractivity contribution is -0.158. The molecule has 0 saturated carbocycles. The Labute approximate surface area is 216 Å². The van der Waals surface area contributed by atoms with Crippen LogP contribution in [0, 0.1) is 11.8 Å². The summed E-state index contributed by atoms with van der Waals surface area (Å²) < 4.78 is 27.1. The predicted molar refractivity (Wildman–Crippen MR) is 132 cm³/mol. The molecule has 0 spiro atoms. The highest BCUT2D eigenvalue weighted by atomic mass is 35.5. The fourth-order valence-electron chi connectivity index (χ4n) is 3.40. The summed E-state index contributed by atoms with van der Waals surface area (Å²) in [4.78, 5) is 40.9. The maximum absolute atomic E-state index is 13.0. The number of carbonyl (C=O) groups is 3. The van der Waals surface area contributed by atoms with Crippen LogP contribution in [0.5, 0.6) is 17.2 Å². The molecule has 10 heteroatoms. The second-order valence-electron chi connectivity index (χ2n) is 8.54. The summed E-state index contributed by atoms with van der Waals surface area (Å²) in [6.45, 7) is 8.06. The number of hydrogen-bond acceptors (Lipinski definition) is 9. The molecule has 2 rings (SSSR count). The summed E-state index contributed by atoms with van der Waals surface area (Å²) in [5.41, 5.74) is -0.0430. The minimum atomic E-state index is -0.770. The van der Waals surface area contributed by atoms with Crippen molar-refractivity contribution in [2.24, 2.45) is 11.8 Å². The van der Waals surface area contributed by atoms with Gasteiger partial charge < -0.3 is 23.7 Å². The van der Waals surface area contributed by atoms with Crippen LogP contribution in [-0.2, 0) is 19.1 Å². The van der Waals surface area contributed by atoms with Crippen LogP contribution in [0.3, 0.4) is 0 Å². The molecule has 36 heavy (non-hydrogen) atoms. The van der Waals surface area contributed by atoms with Gasteiger partial charge in [-0.15, -0.1) is 0 Å². The van der Waals surface area contributed by atoms with E-state index in [1.807, 2.05) is 13.8 Å². The molecule has 0 aliphatic heterocycles. The summed E-state index contributed by atoms with van der Waals surface area (Å²) >= 11 is 6.04. The molecule has 0 unspecified atom stereocenters. The molecule has 0 radical (unpaired) electrons. The number of nitrogens with zero attached hydrogens (tertiary/aromatic N) is 1. The van der Waals surface area contributed by atoms with Crippen molar-refractivity contribution in [3.05, 3.63) is 47.2 Å². The van der Waals surface area contributed by atoms with Crippen molar-refractivity contribution >= 4 is 29.3 Å². The zero-order chi connectivity index (χ0) is 26.8. The Morgan fingerprint density at radius 2 is 1.81 bits per heavy atom. The van der Waals surface area contributed by atoms with Crippen molar-refractivity contribution < 1.29 is 38.1 Å². The molecule has 196 valence electrons. The number of carbonyl (C=O) groups excluding carboxylic acids is 3. The van der Waals surface area contributed by atoms with Crippen LogP contribution in [0.1, 0.15) is 51.5 Å². The van der Waals surface area contributed by atoms with Crippen molar-refractivity contribution in [1.82, 2.24) is 4.98 Å². The molecule has 0 aliphatic rings. The zero-order valence-corrected chi connectivity index (χ0v) is 22.0. The molecule has 0 bridgehead atoms. The smallest absolute Gasteiger partial charge is 0.309 e. The molecule has 9 nitrogen and oxygen atoms in total. The Morgan fingerprint density at radius 3 is 2.42 bits per heavy atom. The molecule has 0 aliphatic carbocycles. The van der Waals surface area contributed by atoms with Crippen LogP contribution in [0.25, 0.3) is 0 Å². The van der Waals surface area contributed by atoms with Gasteiger partial charge in [-0.25, -0.2) is 4.98 Å². The van der Waals surface area contributed by atoms with Gasteiger partial charge in [-0.3, -0.25) is 14.4 Å². The Kier molecular flexibility index (Phi) is 11.0. The van der Waals surface area contributed by atoms with Crippen LogP contribution >= 0.6 is 11.6 Å². The number of ether oxygens (including phenoxy) is 5. The van der Waals surface area contributed by atoms with Crippen molar-refractivity contribution in [1.29, 1.82) is 0 Å². The van der Waals surface area contributed by atoms with E-state index in [0.717, 1.165) is 0 Å². The quantitative estimate of drug-likeness (QED) is 0.207. The van der Waals surface area contributed by atoms with Crippen molar-refractivity contribution in [3.8, 4) is 17.2 Å². The number of ketones is 1. The molecule has 1 heterocycles. The van der Waals surface area contributed by atoms with Gasteiger partial charge in [-0.1, -0.05) is 38.4 Å². The first kappa shape index (κ1) is 28.9. The van der Waals surface area contributed by atoms with Crippen LogP contribution in [0.4, 0.5) is 0 Å². The molecule has 1 aromatic carbocycles. The highest BCUT2D eigenvalue weighted by Gasteiger charge is 2.30. The number of benzene rings is 1. The monoisotopic (exact) mass is 521 g/mol. The fraction of sp³-hybridized carbons (Fsp3) is 0.462. The van der Waals surface area contributed by atoms with E-state index in [4.69, 9.17) is 35.3 Å². The molecule has 3 atom stereocenters. The largest absolute Gasteiger partial charge is 0.493 e. The topological polar surface area (TPSA) is 110 Å². The van der Waals surface area contributed by atoms with E-state index in [2.05, 4.69) is 4.98 Å². The Morgan fingerprint density at radius 1 is 1.08 bits per heavy atom. The first-order valence-electron chi connectivity index (χ1n) is 11.5. The molecule has 0 saturated heterocycles. The third kappa shape index (κ3) is 8.41. The summed E-state index contributed by atoms with van der Waals surface area (Å²) in [6.07, 6.45) is 0.177. The Bertz CT molecular complexity index is 1060. The van der Waals surface area contributed by atoms with E-state index in [9.17, 15) is 14.4 Å². The summed E-state index contributed by atoms with van der Waals surface area (Å²) in [5, 5.41) is 0.536. The zero-order valence-electron chi connectivity index (χ0n) is 21.3. The fourth-order valence-corrected chi connectivity index (χ4v) is 3.58. The van der Waals surface area contributed by atoms with Gasteiger partial charge in [0.05, 0.1) is 13.0 Å². The number of halogens is 1. The third-order valence-electron chi connectivity index (χ3n) is 5.20. The summed E-state index contributed by atoms with van der Waals surface area (Å²) in [6, 6.07) is 8.49. The van der Waals surface area contributed by atoms with Crippen molar-refractivity contribution in [3.63, 3.8) is 0 Å². The molecular formula is C26H32ClNO8. The number of methoxy groups -OCH3 is 1. The number of esters is 2. The standard InChI is InChI=1S/C26H32ClNO8/c1-15(2)24(36-20-9-7-8-19(27)13-20)17(4)35-26(31)16(3)12-21(30)23-25(34-14-33-18(5)29)22(32-6)10-11-28-23/h7-11,13,15-17,24H,12,14H2,1-6H3/t16-,17+,24-/m1/s1. The molecule has 0 fully saturated rings. The average molecular weight is 522 g/mol. The summed E-state index contributed by atoms with van der Waals surface area (Å²) in [7, 11) is 1.40. The number of aromatic nitrogens is 1. The normalized spacial score (nSPS) is 13.3. The lowest BCUT2D eigenvalue weighted by Crippen LogP contribution is -2.38. The van der Waals surface area contributed by atoms with Crippen LogP contribution in [-0.4, -0.2) is 48.8 Å². The maximum Gasteiger partial charge on any atom is 0.309 e. The van der Waals surface area contributed by atoms with Crippen LogP contribution < -0.4 is 14.2 Å². The molecule has 0 amide bonds. The maximum atomic E-state index is 13.0. The van der Waals surface area contributed by atoms with E-state index in [-0.39, 0.29) is 29.5 Å². The van der Waals surface area contributed by atoms with Crippen molar-refractivity contribution in [2.75, 3.05) is 13.9 Å². The van der Waals surface area contributed by atoms with E-state index in [0.29, 0.717) is 10.8 Å². The van der Waals surface area contributed by atoms with Gasteiger partial charge >= 0.3 is 11.9 Å². The van der Waals surface area contributed by atoms with Gasteiger partial charge in [0.2, 0.25) is 6.79 Å². The number of rotatable bonds is 13. The van der Waals surface area contributed by atoms with Gasteiger partial charge in [-0.2, -0.15) is 0 Å². The highest BCUT2D eigenvalue weighted by Crippen LogP contribution is 2.31. The average Bonchev–Trinajstić information content (AvgIpc) is 2.81. The van der Waals surface area contributed by atoms with E-state index in [1.54, 1.807) is 38.1 Å². The van der Waals surface area contributed by atoms with Gasteiger partial charge in [0, 0.05) is 30.6 Å². The van der Waals surface area contributed by atoms with E-state index >= 15 is 0 Å². The van der Waals surface area contributed by atoms with Crippen LogP contribution in [0.15, 0.2) is 36.5 Å².